The number of hydrogen-bond acceptors (Lipinski definition) is 5. The van der Waals surface area contributed by atoms with Crippen LogP contribution in [-0.2, 0) is 18.8 Å². The summed E-state index contributed by atoms with van der Waals surface area (Å²) in [5, 5.41) is 0. The Bertz CT molecular complexity index is 587. The van der Waals surface area contributed by atoms with Crippen LogP contribution in [0.5, 0.6) is 0 Å². The summed E-state index contributed by atoms with van der Waals surface area (Å²) in [6, 6.07) is 0. The molecule has 0 saturated heterocycles. The highest BCUT2D eigenvalue weighted by molar-refractivity contribution is 7.47. The Morgan fingerprint density at radius 3 is 2.82 bits per heavy atom. The van der Waals surface area contributed by atoms with Gasteiger partial charge in [-0.15, -0.1) is 6.58 Å². The smallest absolute Gasteiger partial charge is 0.195 e. The van der Waals surface area contributed by atoms with Crippen molar-refractivity contribution in [2.24, 2.45) is 4.36 Å². The van der Waals surface area contributed by atoms with Crippen LogP contribution in [0.4, 0.5) is 5.82 Å². The van der Waals surface area contributed by atoms with Crippen LogP contribution in [-0.4, -0.2) is 19.9 Å². The molecule has 6 heteroatoms. The molecule has 0 aliphatic heterocycles. The molecule has 2 rings (SSSR count). The minimum absolute atomic E-state index is 0.483. The number of H-pyrrole nitrogens is 1. The van der Waals surface area contributed by atoms with Crippen LogP contribution in [0.2, 0.25) is 0 Å². The van der Waals surface area contributed by atoms with Crippen molar-refractivity contribution in [1.29, 1.82) is 0 Å². The predicted octanol–water partition coefficient (Wildman–Crippen LogP) is 2.53. The zero-order valence-corrected chi connectivity index (χ0v) is 10.6. The molecule has 0 spiro atoms. The van der Waals surface area contributed by atoms with Crippen molar-refractivity contribution in [3.05, 3.63) is 23.8 Å². The molecule has 0 fully saturated rings. The molecule has 0 amide bonds. The van der Waals surface area contributed by atoms with Crippen molar-refractivity contribution in [3.8, 4) is 0 Å². The molecule has 0 aliphatic rings. The van der Waals surface area contributed by atoms with E-state index in [2.05, 4.69) is 30.9 Å². The Morgan fingerprint density at radius 1 is 1.41 bits per heavy atom. The second kappa shape index (κ2) is 4.67. The number of hydrogen-bond donors (Lipinski definition) is 1. The van der Waals surface area contributed by atoms with E-state index in [1.165, 1.54) is 0 Å². The first-order valence-electron chi connectivity index (χ1n) is 5.31. The Kier molecular flexibility index (Phi) is 3.23. The number of rotatable bonds is 4. The molecule has 88 valence electrons. The zero-order valence-electron chi connectivity index (χ0n) is 9.82. The van der Waals surface area contributed by atoms with Crippen LogP contribution in [0.1, 0.15) is 25.0 Å². The molecular weight excluding hydrogens is 234 g/mol. The maximum Gasteiger partial charge on any atom is 0.195 e. The van der Waals surface area contributed by atoms with Crippen LogP contribution in [0, 0.1) is 6.92 Å². The Balaban J connectivity index is 2.42. The third-order valence-corrected chi connectivity index (χ3v) is 2.54. The lowest BCUT2D eigenvalue weighted by Crippen LogP contribution is -1.88. The first kappa shape index (κ1) is 11.8. The van der Waals surface area contributed by atoms with Gasteiger partial charge in [-0.2, -0.15) is 4.36 Å². The monoisotopic (exact) mass is 247 g/mol. The number of fused-ring (bicyclic) bond motifs is 1. The Hall–Kier alpha value is -1.69. The Labute approximate surface area is 105 Å². The standard InChI is InChI=1S/C11H13N5S/c1-6(2)4-5-8-14-9-10(15-8)12-7(3)13-11(9)16-17/h1,4-5H2,2-3H3,(H,12,13,14,15). The third kappa shape index (κ3) is 2.52. The second-order valence-electron chi connectivity index (χ2n) is 4.02. The van der Waals surface area contributed by atoms with Gasteiger partial charge in [0.25, 0.3) is 0 Å². The SMILES string of the molecule is C=C(C)CCc1nc2nc(C)nc(N=S)c2[nH]1. The van der Waals surface area contributed by atoms with Crippen molar-refractivity contribution in [2.45, 2.75) is 26.7 Å². The summed E-state index contributed by atoms with van der Waals surface area (Å²) < 4.78 is 3.71. The minimum Gasteiger partial charge on any atom is -0.337 e. The fourth-order valence-corrected chi connectivity index (χ4v) is 1.68. The topological polar surface area (TPSA) is 66.8 Å². The number of nitrogens with zero attached hydrogens (tertiary/aromatic N) is 4. The van der Waals surface area contributed by atoms with Gasteiger partial charge in [-0.05, 0) is 20.3 Å². The fourth-order valence-electron chi connectivity index (χ4n) is 1.55. The van der Waals surface area contributed by atoms with Crippen LogP contribution in [0.15, 0.2) is 16.5 Å². The lowest BCUT2D eigenvalue weighted by Gasteiger charge is -1.95. The van der Waals surface area contributed by atoms with Gasteiger partial charge in [-0.25, -0.2) is 15.0 Å². The first-order valence-corrected chi connectivity index (χ1v) is 5.67. The highest BCUT2D eigenvalue weighted by Crippen LogP contribution is 2.20. The van der Waals surface area contributed by atoms with Gasteiger partial charge in [-0.1, -0.05) is 5.57 Å². The maximum atomic E-state index is 4.69. The molecule has 1 N–H and O–H groups in total. The van der Waals surface area contributed by atoms with Gasteiger partial charge in [0.15, 0.2) is 11.5 Å². The average molecular weight is 247 g/mol. The zero-order chi connectivity index (χ0) is 12.4. The van der Waals surface area contributed by atoms with Crippen molar-refractivity contribution < 1.29 is 0 Å². The summed E-state index contributed by atoms with van der Waals surface area (Å²) in [5.41, 5.74) is 2.46. The van der Waals surface area contributed by atoms with Crippen molar-refractivity contribution in [1.82, 2.24) is 19.9 Å². The highest BCUT2D eigenvalue weighted by atomic mass is 32.1. The summed E-state index contributed by atoms with van der Waals surface area (Å²) in [6.07, 6.45) is 1.70. The van der Waals surface area contributed by atoms with Gasteiger partial charge in [0.1, 0.15) is 17.2 Å². The highest BCUT2D eigenvalue weighted by Gasteiger charge is 2.10. The molecule has 0 bridgehead atoms. The maximum absolute atomic E-state index is 4.69. The van der Waals surface area contributed by atoms with E-state index in [1.807, 2.05) is 6.92 Å². The fraction of sp³-hybridized carbons (Fsp3) is 0.364. The predicted molar refractivity (Wildman–Crippen MR) is 69.0 cm³/mol. The summed E-state index contributed by atoms with van der Waals surface area (Å²) >= 11 is 4.69. The first-order chi connectivity index (χ1) is 8.10. The molecule has 17 heavy (non-hydrogen) atoms. The van der Waals surface area contributed by atoms with Crippen molar-refractivity contribution in [3.63, 3.8) is 0 Å². The van der Waals surface area contributed by atoms with Crippen LogP contribution >= 0.6 is 0 Å². The summed E-state index contributed by atoms with van der Waals surface area (Å²) in [6.45, 7) is 7.66. The van der Waals surface area contributed by atoms with Gasteiger partial charge < -0.3 is 4.98 Å². The van der Waals surface area contributed by atoms with Crippen LogP contribution < -0.4 is 0 Å². The number of nitrogens with one attached hydrogen (secondary N) is 1. The molecule has 2 aromatic rings. The Morgan fingerprint density at radius 2 is 2.18 bits per heavy atom. The summed E-state index contributed by atoms with van der Waals surface area (Å²) in [5.74, 6) is 1.97. The van der Waals surface area contributed by atoms with E-state index in [0.717, 1.165) is 24.2 Å². The third-order valence-electron chi connectivity index (χ3n) is 2.37. The molecule has 0 unspecified atom stereocenters. The van der Waals surface area contributed by atoms with Gasteiger partial charge in [0.2, 0.25) is 0 Å². The van der Waals surface area contributed by atoms with Gasteiger partial charge in [-0.3, -0.25) is 0 Å². The lowest BCUT2D eigenvalue weighted by molar-refractivity contribution is 0.880. The molecule has 0 saturated carbocycles. The molecule has 0 aromatic carbocycles. The molecule has 5 nitrogen and oxygen atoms in total. The molecular formula is C11H13N5S. The molecule has 0 atom stereocenters. The van der Waals surface area contributed by atoms with E-state index in [1.54, 1.807) is 6.92 Å². The minimum atomic E-state index is 0.483. The quantitative estimate of drug-likeness (QED) is 0.843. The van der Waals surface area contributed by atoms with E-state index in [-0.39, 0.29) is 0 Å². The number of allylic oxidation sites excluding steroid dienone is 1. The van der Waals surface area contributed by atoms with E-state index in [9.17, 15) is 0 Å². The van der Waals surface area contributed by atoms with Gasteiger partial charge in [0.05, 0.1) is 0 Å². The molecule has 0 aliphatic carbocycles. The second-order valence-corrected chi connectivity index (χ2v) is 4.21. The van der Waals surface area contributed by atoms with Crippen molar-refractivity contribution in [2.75, 3.05) is 0 Å². The molecule has 0 radical (unpaired) electrons. The average Bonchev–Trinajstić information content (AvgIpc) is 2.67. The van der Waals surface area contributed by atoms with E-state index < -0.39 is 0 Å². The van der Waals surface area contributed by atoms with E-state index >= 15 is 0 Å². The summed E-state index contributed by atoms with van der Waals surface area (Å²) in [7, 11) is 0. The lowest BCUT2D eigenvalue weighted by atomic mass is 10.2. The van der Waals surface area contributed by atoms with Crippen LogP contribution in [0.25, 0.3) is 11.2 Å². The number of aromatic amines is 1. The number of imidazole rings is 1. The van der Waals surface area contributed by atoms with E-state index in [0.29, 0.717) is 22.8 Å². The normalized spacial score (nSPS) is 10.7. The molecule has 2 aromatic heterocycles. The number of aryl methyl sites for hydroxylation is 2. The number of aromatic nitrogens is 4. The molecule has 2 heterocycles. The van der Waals surface area contributed by atoms with Crippen LogP contribution in [0.3, 0.4) is 0 Å². The largest absolute Gasteiger partial charge is 0.337 e. The van der Waals surface area contributed by atoms with Gasteiger partial charge >= 0.3 is 0 Å². The summed E-state index contributed by atoms with van der Waals surface area (Å²) in [4.78, 5) is 16.0. The van der Waals surface area contributed by atoms with Gasteiger partial charge in [0, 0.05) is 18.8 Å². The van der Waals surface area contributed by atoms with Crippen molar-refractivity contribution >= 4 is 29.4 Å². The van der Waals surface area contributed by atoms with E-state index in [4.69, 9.17) is 12.4 Å².